The van der Waals surface area contributed by atoms with Gasteiger partial charge in [0.05, 0.1) is 11.0 Å². The summed E-state index contributed by atoms with van der Waals surface area (Å²) in [4.78, 5) is 11.0. The zero-order valence-corrected chi connectivity index (χ0v) is 54.7. The van der Waals surface area contributed by atoms with Gasteiger partial charge in [0.2, 0.25) is 0 Å². The molecule has 89 heavy (non-hydrogen) atoms. The Morgan fingerprint density at radius 2 is 0.697 bits per heavy atom. The molecule has 2 aliphatic heterocycles. The third kappa shape index (κ3) is 9.97. The SMILES string of the molecule is CC(C)(C)c1ccc(-c2ccc(-c3nc4cc5c(cc4n3-c3ccccc3)B3c4cc(C(C)(C)C)ccc4N(c4ccc(C(C)(C)C)cc4)c4cc([Si](c6ccccc6)(c6ccccc6)c6ccccc6)cc(c43)N5c3ccc(C(C)(C)C)cc3)cc2)cc1. The number of aromatic nitrogens is 2. The lowest BCUT2D eigenvalue weighted by atomic mass is 9.33. The van der Waals surface area contributed by atoms with Crippen LogP contribution in [0.2, 0.25) is 0 Å². The van der Waals surface area contributed by atoms with E-state index in [9.17, 15) is 0 Å². The highest BCUT2D eigenvalue weighted by Gasteiger charge is 2.48. The van der Waals surface area contributed by atoms with E-state index in [-0.39, 0.29) is 28.4 Å². The standard InChI is InChI=1S/C83H79BN4Si/c1-80(2,3)59-39-37-57(38-40-59)56-33-35-58(36-34-56)79-85-72-55-74-71(54-75(72)88(79)63-25-17-13-18-26-63)84-70-51-62(83(10,11)12)45-50-73(70)86(64-46-41-60(42-47-64)81(4,5)6)76-52-69(53-77(78(76)84)87(74)65-48-43-61(44-49-65)82(7,8)9)89(66-27-19-14-20-28-66,67-29-21-15-22-30-67)68-31-23-16-24-32-68/h13-55H,1-12H3. The Labute approximate surface area is 529 Å². The highest BCUT2D eigenvalue weighted by Crippen LogP contribution is 2.47. The van der Waals surface area contributed by atoms with E-state index in [0.717, 1.165) is 45.2 Å². The quantitative estimate of drug-likeness (QED) is 0.106. The Balaban J connectivity index is 1.11. The minimum Gasteiger partial charge on any atom is -0.311 e. The maximum Gasteiger partial charge on any atom is 0.252 e. The van der Waals surface area contributed by atoms with Crippen molar-refractivity contribution in [3.05, 3.63) is 283 Å². The summed E-state index contributed by atoms with van der Waals surface area (Å²) in [7, 11) is -3.18. The average molecular weight is 1170 g/mol. The smallest absolute Gasteiger partial charge is 0.252 e. The van der Waals surface area contributed by atoms with Crippen molar-refractivity contribution in [2.45, 2.75) is 105 Å². The second-order valence-electron chi connectivity index (χ2n) is 28.9. The van der Waals surface area contributed by atoms with Crippen molar-refractivity contribution in [1.29, 1.82) is 0 Å². The van der Waals surface area contributed by atoms with Crippen LogP contribution in [-0.2, 0) is 21.7 Å². The third-order valence-electron chi connectivity index (χ3n) is 19.0. The van der Waals surface area contributed by atoms with Crippen LogP contribution in [-0.4, -0.2) is 24.3 Å². The van der Waals surface area contributed by atoms with Crippen LogP contribution in [0.25, 0.3) is 39.2 Å². The van der Waals surface area contributed by atoms with Crippen LogP contribution in [0, 0.1) is 0 Å². The first-order valence-electron chi connectivity index (χ1n) is 31.8. The van der Waals surface area contributed by atoms with E-state index in [1.807, 2.05) is 0 Å². The monoisotopic (exact) mass is 1170 g/mol. The first-order valence-corrected chi connectivity index (χ1v) is 33.8. The fourth-order valence-corrected chi connectivity index (χ4v) is 18.9. The van der Waals surface area contributed by atoms with Gasteiger partial charge in [-0.3, -0.25) is 4.57 Å². The summed E-state index contributed by atoms with van der Waals surface area (Å²) in [5.41, 5.74) is 22.3. The number of nitrogens with zero attached hydrogens (tertiary/aromatic N) is 4. The van der Waals surface area contributed by atoms with E-state index in [1.54, 1.807) is 0 Å². The summed E-state index contributed by atoms with van der Waals surface area (Å²) < 4.78 is 2.41. The molecule has 0 bridgehead atoms. The lowest BCUT2D eigenvalue weighted by Crippen LogP contribution is -2.75. The van der Waals surface area contributed by atoms with Crippen molar-refractivity contribution < 1.29 is 0 Å². The summed E-state index contributed by atoms with van der Waals surface area (Å²) in [5, 5.41) is 5.30. The van der Waals surface area contributed by atoms with E-state index >= 15 is 0 Å². The predicted octanol–water partition coefficient (Wildman–Crippen LogP) is 17.0. The molecule has 4 nitrogen and oxygen atoms in total. The molecule has 0 atom stereocenters. The summed E-state index contributed by atoms with van der Waals surface area (Å²) in [6.07, 6.45) is 0. The van der Waals surface area contributed by atoms with Gasteiger partial charge in [0.15, 0.2) is 8.07 Å². The van der Waals surface area contributed by atoms with Gasteiger partial charge in [-0.15, -0.1) is 0 Å². The van der Waals surface area contributed by atoms with Gasteiger partial charge in [-0.2, -0.15) is 0 Å². The molecule has 0 aliphatic carbocycles. The van der Waals surface area contributed by atoms with Gasteiger partial charge in [0.1, 0.15) is 5.82 Å². The van der Waals surface area contributed by atoms with E-state index in [2.05, 4.69) is 358 Å². The number of hydrogen-bond donors (Lipinski definition) is 0. The summed E-state index contributed by atoms with van der Waals surface area (Å²) in [5.74, 6) is 0.901. The number of fused-ring (bicyclic) bond motifs is 5. The molecule has 12 aromatic rings. The van der Waals surface area contributed by atoms with Gasteiger partial charge in [0, 0.05) is 45.4 Å². The maximum atomic E-state index is 5.80. The molecule has 0 saturated carbocycles. The van der Waals surface area contributed by atoms with Crippen LogP contribution >= 0.6 is 0 Å². The Bertz CT molecular complexity index is 4490. The van der Waals surface area contributed by atoms with Crippen molar-refractivity contribution in [3.63, 3.8) is 0 Å². The van der Waals surface area contributed by atoms with Gasteiger partial charge in [-0.25, -0.2) is 4.98 Å². The molecule has 0 fully saturated rings. The molecule has 438 valence electrons. The van der Waals surface area contributed by atoms with Crippen LogP contribution in [0.5, 0.6) is 0 Å². The number of benzene rings is 11. The van der Waals surface area contributed by atoms with Crippen molar-refractivity contribution >= 4 is 97.1 Å². The lowest BCUT2D eigenvalue weighted by Gasteiger charge is -2.46. The molecule has 3 heterocycles. The third-order valence-corrected chi connectivity index (χ3v) is 23.7. The molecule has 1 aromatic heterocycles. The molecular formula is C83H79BN4Si. The Hall–Kier alpha value is -9.23. The van der Waals surface area contributed by atoms with Crippen LogP contribution in [0.15, 0.2) is 261 Å². The normalized spacial score (nSPS) is 13.3. The van der Waals surface area contributed by atoms with Gasteiger partial charge in [-0.1, -0.05) is 277 Å². The van der Waals surface area contributed by atoms with Crippen molar-refractivity contribution in [2.24, 2.45) is 0 Å². The molecule has 14 rings (SSSR count). The number of para-hydroxylation sites is 1. The van der Waals surface area contributed by atoms with Gasteiger partial charge in [0.25, 0.3) is 6.71 Å². The van der Waals surface area contributed by atoms with Gasteiger partial charge < -0.3 is 9.80 Å². The highest BCUT2D eigenvalue weighted by molar-refractivity contribution is 7.20. The molecular weight excluding hydrogens is 1090 g/mol. The van der Waals surface area contributed by atoms with Crippen molar-refractivity contribution in [1.82, 2.24) is 9.55 Å². The zero-order valence-electron chi connectivity index (χ0n) is 53.7. The van der Waals surface area contributed by atoms with Crippen molar-refractivity contribution in [3.8, 4) is 28.2 Å². The van der Waals surface area contributed by atoms with Gasteiger partial charge >= 0.3 is 0 Å². The van der Waals surface area contributed by atoms with Crippen LogP contribution in [0.1, 0.15) is 105 Å². The number of imidazole rings is 1. The number of hydrogen-bond acceptors (Lipinski definition) is 3. The fourth-order valence-electron chi connectivity index (χ4n) is 14.1. The molecule has 0 amide bonds. The number of anilines is 6. The topological polar surface area (TPSA) is 24.3 Å². The van der Waals surface area contributed by atoms with E-state index in [4.69, 9.17) is 4.98 Å². The van der Waals surface area contributed by atoms with Crippen LogP contribution < -0.4 is 46.9 Å². The lowest BCUT2D eigenvalue weighted by molar-refractivity contribution is 0.590. The molecule has 0 saturated heterocycles. The summed E-state index contributed by atoms with van der Waals surface area (Å²) >= 11 is 0. The molecule has 0 N–H and O–H groups in total. The van der Waals surface area contributed by atoms with E-state index in [1.165, 1.54) is 87.6 Å². The van der Waals surface area contributed by atoms with Crippen LogP contribution in [0.4, 0.5) is 34.1 Å². The molecule has 0 radical (unpaired) electrons. The highest BCUT2D eigenvalue weighted by atomic mass is 28.3. The largest absolute Gasteiger partial charge is 0.311 e. The van der Waals surface area contributed by atoms with E-state index < -0.39 is 8.07 Å². The first kappa shape index (κ1) is 57.5. The predicted molar refractivity (Wildman–Crippen MR) is 384 cm³/mol. The molecule has 11 aromatic carbocycles. The Morgan fingerprint density at radius 1 is 0.315 bits per heavy atom. The summed E-state index contributed by atoms with van der Waals surface area (Å²) in [6, 6.07) is 99.7. The Kier molecular flexibility index (Phi) is 13.9. The molecule has 0 spiro atoms. The minimum absolute atomic E-state index is 0.0248. The molecule has 0 unspecified atom stereocenters. The molecule has 2 aliphatic rings. The zero-order chi connectivity index (χ0) is 61.8. The second-order valence-corrected chi connectivity index (χ2v) is 32.7. The second kappa shape index (κ2) is 21.5. The van der Waals surface area contributed by atoms with E-state index in [0.29, 0.717) is 0 Å². The number of rotatable bonds is 9. The molecule has 6 heteroatoms. The maximum absolute atomic E-state index is 5.80. The minimum atomic E-state index is -3.18. The fraction of sp³-hybridized carbons (Fsp3) is 0.193. The van der Waals surface area contributed by atoms with Crippen molar-refractivity contribution in [2.75, 3.05) is 9.80 Å². The Morgan fingerprint density at radius 3 is 1.15 bits per heavy atom. The first-order chi connectivity index (χ1) is 42.7. The average Bonchev–Trinajstić information content (AvgIpc) is 1.25. The summed E-state index contributed by atoms with van der Waals surface area (Å²) in [6.45, 7) is 27.6. The van der Waals surface area contributed by atoms with Gasteiger partial charge in [-0.05, 0) is 159 Å². The van der Waals surface area contributed by atoms with Crippen LogP contribution in [0.3, 0.4) is 0 Å².